The first-order valence-electron chi connectivity index (χ1n) is 8.05. The summed E-state index contributed by atoms with van der Waals surface area (Å²) in [7, 11) is 0. The average molecular weight is 333 g/mol. The minimum atomic E-state index is -0.256. The summed E-state index contributed by atoms with van der Waals surface area (Å²) in [6, 6.07) is 12.8. The molecule has 0 saturated heterocycles. The van der Waals surface area contributed by atoms with Gasteiger partial charge in [0.2, 0.25) is 0 Å². The zero-order valence-corrected chi connectivity index (χ0v) is 14.2. The monoisotopic (exact) mass is 333 g/mol. The highest BCUT2D eigenvalue weighted by Crippen LogP contribution is 2.19. The van der Waals surface area contributed by atoms with E-state index in [1.54, 1.807) is 18.3 Å². The predicted octanol–water partition coefficient (Wildman–Crippen LogP) is 4.15. The Morgan fingerprint density at radius 3 is 2.92 bits per heavy atom. The van der Waals surface area contributed by atoms with Crippen LogP contribution in [0.5, 0.6) is 5.75 Å². The number of carbonyl (C=O) groups excluding carboxylic acids is 1. The molecule has 2 heterocycles. The molecular weight excluding hydrogens is 314 g/mol. The molecule has 0 aliphatic rings. The van der Waals surface area contributed by atoms with Crippen LogP contribution < -0.4 is 10.1 Å². The molecule has 1 amide bonds. The largest absolute Gasteiger partial charge is 0.489 e. The van der Waals surface area contributed by atoms with Crippen molar-refractivity contribution in [3.63, 3.8) is 0 Å². The van der Waals surface area contributed by atoms with Gasteiger partial charge in [0.25, 0.3) is 5.91 Å². The maximum Gasteiger partial charge on any atom is 0.274 e. The summed E-state index contributed by atoms with van der Waals surface area (Å²) in [6.45, 7) is 4.29. The van der Waals surface area contributed by atoms with Gasteiger partial charge in [-0.3, -0.25) is 9.78 Å². The number of amides is 1. The van der Waals surface area contributed by atoms with Gasteiger partial charge in [-0.1, -0.05) is 18.2 Å². The van der Waals surface area contributed by atoms with Gasteiger partial charge in [-0.2, -0.15) is 0 Å². The summed E-state index contributed by atoms with van der Waals surface area (Å²) >= 11 is 0. The van der Waals surface area contributed by atoms with Gasteiger partial charge in [0.05, 0.1) is 11.0 Å². The molecule has 0 bridgehead atoms. The number of rotatable bonds is 5. The SMILES string of the molecule is CC=CCOc1cccc(NC(=O)c2nc3cccnc3cc2C)c1. The van der Waals surface area contributed by atoms with E-state index in [4.69, 9.17) is 4.74 Å². The van der Waals surface area contributed by atoms with Crippen LogP contribution in [-0.4, -0.2) is 22.5 Å². The third-order valence-corrected chi connectivity index (χ3v) is 3.66. The Morgan fingerprint density at radius 2 is 2.08 bits per heavy atom. The van der Waals surface area contributed by atoms with E-state index in [0.717, 1.165) is 11.1 Å². The molecule has 1 N–H and O–H groups in total. The molecular formula is C20H19N3O2. The van der Waals surface area contributed by atoms with Crippen molar-refractivity contribution in [1.29, 1.82) is 0 Å². The number of allylic oxidation sites excluding steroid dienone is 1. The summed E-state index contributed by atoms with van der Waals surface area (Å²) in [4.78, 5) is 21.3. The number of hydrogen-bond donors (Lipinski definition) is 1. The van der Waals surface area contributed by atoms with Crippen molar-refractivity contribution in [1.82, 2.24) is 9.97 Å². The van der Waals surface area contributed by atoms with Gasteiger partial charge in [0.15, 0.2) is 0 Å². The van der Waals surface area contributed by atoms with Crippen molar-refractivity contribution >= 4 is 22.6 Å². The molecule has 0 unspecified atom stereocenters. The molecule has 0 fully saturated rings. The molecule has 3 aromatic rings. The predicted molar refractivity (Wildman–Crippen MR) is 99.0 cm³/mol. The van der Waals surface area contributed by atoms with Crippen molar-refractivity contribution < 1.29 is 9.53 Å². The van der Waals surface area contributed by atoms with Crippen molar-refractivity contribution in [3.05, 3.63) is 72.1 Å². The summed E-state index contributed by atoms with van der Waals surface area (Å²) in [6.07, 6.45) is 5.55. The van der Waals surface area contributed by atoms with Crippen LogP contribution >= 0.6 is 0 Å². The van der Waals surface area contributed by atoms with Crippen molar-refractivity contribution in [3.8, 4) is 5.75 Å². The lowest BCUT2D eigenvalue weighted by molar-refractivity contribution is 0.102. The van der Waals surface area contributed by atoms with Crippen LogP contribution in [0, 0.1) is 6.92 Å². The van der Waals surface area contributed by atoms with E-state index in [1.165, 1.54) is 0 Å². The van der Waals surface area contributed by atoms with Gasteiger partial charge < -0.3 is 10.1 Å². The molecule has 0 spiro atoms. The molecule has 0 radical (unpaired) electrons. The molecule has 0 aliphatic heterocycles. The standard InChI is InChI=1S/C20H19N3O2/c1-3-4-11-25-16-8-5-7-15(13-16)22-20(24)19-14(2)12-18-17(23-19)9-6-10-21-18/h3-10,12-13H,11H2,1-2H3,(H,22,24). The van der Waals surface area contributed by atoms with Crippen molar-refractivity contribution in [2.45, 2.75) is 13.8 Å². The van der Waals surface area contributed by atoms with Crippen LogP contribution in [-0.2, 0) is 0 Å². The molecule has 3 rings (SSSR count). The van der Waals surface area contributed by atoms with Gasteiger partial charge in [0, 0.05) is 18.0 Å². The van der Waals surface area contributed by atoms with E-state index in [2.05, 4.69) is 15.3 Å². The van der Waals surface area contributed by atoms with Gasteiger partial charge in [-0.25, -0.2) is 4.98 Å². The molecule has 2 aromatic heterocycles. The number of aromatic nitrogens is 2. The lowest BCUT2D eigenvalue weighted by Crippen LogP contribution is -2.15. The fourth-order valence-electron chi connectivity index (χ4n) is 2.42. The molecule has 0 saturated carbocycles. The number of hydrogen-bond acceptors (Lipinski definition) is 4. The molecule has 126 valence electrons. The smallest absolute Gasteiger partial charge is 0.274 e. The van der Waals surface area contributed by atoms with E-state index in [9.17, 15) is 4.79 Å². The van der Waals surface area contributed by atoms with Gasteiger partial charge >= 0.3 is 0 Å². The summed E-state index contributed by atoms with van der Waals surface area (Å²) < 4.78 is 5.59. The molecule has 25 heavy (non-hydrogen) atoms. The summed E-state index contributed by atoms with van der Waals surface area (Å²) in [5.41, 5.74) is 3.30. The Morgan fingerprint density at radius 1 is 1.20 bits per heavy atom. The fraction of sp³-hybridized carbons (Fsp3) is 0.150. The topological polar surface area (TPSA) is 64.1 Å². The quantitative estimate of drug-likeness (QED) is 0.713. The normalized spacial score (nSPS) is 11.0. The number of nitrogens with one attached hydrogen (secondary N) is 1. The highest BCUT2D eigenvalue weighted by molar-refractivity contribution is 6.05. The third-order valence-electron chi connectivity index (χ3n) is 3.66. The maximum atomic E-state index is 12.6. The molecule has 1 aromatic carbocycles. The van der Waals surface area contributed by atoms with Gasteiger partial charge in [-0.05, 0) is 49.7 Å². The zero-order valence-electron chi connectivity index (χ0n) is 14.2. The first kappa shape index (κ1) is 16.6. The Bertz CT molecular complexity index is 935. The van der Waals surface area contributed by atoms with E-state index in [-0.39, 0.29) is 5.91 Å². The number of fused-ring (bicyclic) bond motifs is 1. The van der Waals surface area contributed by atoms with Gasteiger partial charge in [0.1, 0.15) is 18.1 Å². The van der Waals surface area contributed by atoms with Crippen molar-refractivity contribution in [2.75, 3.05) is 11.9 Å². The summed E-state index contributed by atoms with van der Waals surface area (Å²) in [5.74, 6) is 0.442. The second-order valence-corrected chi connectivity index (χ2v) is 5.56. The highest BCUT2D eigenvalue weighted by Gasteiger charge is 2.13. The van der Waals surface area contributed by atoms with E-state index < -0.39 is 0 Å². The number of aryl methyl sites for hydroxylation is 1. The first-order valence-corrected chi connectivity index (χ1v) is 8.05. The number of nitrogens with zero attached hydrogens (tertiary/aromatic N) is 2. The van der Waals surface area contributed by atoms with Crippen LogP contribution in [0.3, 0.4) is 0 Å². The van der Waals surface area contributed by atoms with Crippen molar-refractivity contribution in [2.24, 2.45) is 0 Å². The number of anilines is 1. The lowest BCUT2D eigenvalue weighted by atomic mass is 10.1. The van der Waals surface area contributed by atoms with Crippen LogP contribution in [0.1, 0.15) is 23.0 Å². The molecule has 5 nitrogen and oxygen atoms in total. The second-order valence-electron chi connectivity index (χ2n) is 5.56. The molecule has 0 atom stereocenters. The number of benzene rings is 1. The van der Waals surface area contributed by atoms with E-state index in [1.807, 2.05) is 56.3 Å². The van der Waals surface area contributed by atoms with E-state index >= 15 is 0 Å². The number of pyridine rings is 2. The Balaban J connectivity index is 1.80. The minimum absolute atomic E-state index is 0.256. The summed E-state index contributed by atoms with van der Waals surface area (Å²) in [5, 5.41) is 2.87. The Labute approximate surface area is 146 Å². The van der Waals surface area contributed by atoms with Gasteiger partial charge in [-0.15, -0.1) is 0 Å². The van der Waals surface area contributed by atoms with Crippen LogP contribution in [0.2, 0.25) is 0 Å². The number of carbonyl (C=O) groups is 1. The van der Waals surface area contributed by atoms with Crippen LogP contribution in [0.4, 0.5) is 5.69 Å². The van der Waals surface area contributed by atoms with Crippen LogP contribution in [0.15, 0.2) is 60.8 Å². The molecule has 5 heteroatoms. The average Bonchev–Trinajstić information content (AvgIpc) is 2.61. The first-order chi connectivity index (χ1) is 12.2. The fourth-order valence-corrected chi connectivity index (χ4v) is 2.42. The Kier molecular flexibility index (Phi) is 5.04. The Hall–Kier alpha value is -3.21. The highest BCUT2D eigenvalue weighted by atomic mass is 16.5. The van der Waals surface area contributed by atoms with Crippen LogP contribution in [0.25, 0.3) is 11.0 Å². The van der Waals surface area contributed by atoms with E-state index in [0.29, 0.717) is 29.3 Å². The second kappa shape index (κ2) is 7.57. The number of ether oxygens (including phenoxy) is 1. The maximum absolute atomic E-state index is 12.6. The third kappa shape index (κ3) is 4.01. The molecule has 0 aliphatic carbocycles. The lowest BCUT2D eigenvalue weighted by Gasteiger charge is -2.10. The zero-order chi connectivity index (χ0) is 17.6. The minimum Gasteiger partial charge on any atom is -0.489 e.